The summed E-state index contributed by atoms with van der Waals surface area (Å²) in [6, 6.07) is 0. The lowest BCUT2D eigenvalue weighted by Gasteiger charge is -2.63. The lowest BCUT2D eigenvalue weighted by molar-refractivity contribution is -0.353. The molecule has 6 atom stereocenters. The minimum atomic E-state index is -0.142. The molecule has 17 heavy (non-hydrogen) atoms. The van der Waals surface area contributed by atoms with Gasteiger partial charge < -0.3 is 25.6 Å². The topological polar surface area (TPSA) is 89.1 Å². The first-order valence-electron chi connectivity index (χ1n) is 6.22. The van der Waals surface area contributed by atoms with Gasteiger partial charge in [-0.05, 0) is 6.42 Å². The Morgan fingerprint density at radius 1 is 1.47 bits per heavy atom. The molecule has 1 saturated carbocycles. The van der Waals surface area contributed by atoms with E-state index in [1.807, 2.05) is 0 Å². The van der Waals surface area contributed by atoms with E-state index in [4.69, 9.17) is 15.2 Å². The van der Waals surface area contributed by atoms with Crippen LogP contribution in [0.25, 0.3) is 0 Å². The Labute approximate surface area is 99.2 Å². The highest BCUT2D eigenvalue weighted by Crippen LogP contribution is 2.52. The maximum absolute atomic E-state index is 9.50. The smallest absolute Gasteiger partial charge is 0.189 e. The number of aliphatic hydroxyl groups excluding tert-OH is 1. The summed E-state index contributed by atoms with van der Waals surface area (Å²) in [5.41, 5.74) is 5.79. The minimum Gasteiger partial charge on any atom is -0.396 e. The van der Waals surface area contributed by atoms with Crippen molar-refractivity contribution >= 4 is 5.96 Å². The van der Waals surface area contributed by atoms with E-state index in [9.17, 15) is 5.11 Å². The summed E-state index contributed by atoms with van der Waals surface area (Å²) in [5, 5.41) is 12.9. The van der Waals surface area contributed by atoms with Gasteiger partial charge >= 0.3 is 0 Å². The van der Waals surface area contributed by atoms with Crippen LogP contribution in [0.4, 0.5) is 0 Å². The van der Waals surface area contributed by atoms with Crippen molar-refractivity contribution in [3.8, 4) is 0 Å². The van der Waals surface area contributed by atoms with E-state index >= 15 is 0 Å². The first-order valence-corrected chi connectivity index (χ1v) is 6.22. The highest BCUT2D eigenvalue weighted by Gasteiger charge is 2.63. The summed E-state index contributed by atoms with van der Waals surface area (Å²) in [6.07, 6.45) is 1.73. The zero-order chi connectivity index (χ0) is 11.6. The van der Waals surface area contributed by atoms with Gasteiger partial charge in [0, 0.05) is 18.3 Å². The van der Waals surface area contributed by atoms with Crippen LogP contribution in [0.15, 0.2) is 4.99 Å². The van der Waals surface area contributed by atoms with E-state index in [1.165, 1.54) is 0 Å². The number of nitrogens with zero attached hydrogens (tertiary/aromatic N) is 1. The van der Waals surface area contributed by atoms with E-state index < -0.39 is 0 Å². The van der Waals surface area contributed by atoms with Crippen LogP contribution in [0.5, 0.6) is 0 Å². The van der Waals surface area contributed by atoms with Gasteiger partial charge in [-0.3, -0.25) is 4.99 Å². The molecule has 6 heteroatoms. The van der Waals surface area contributed by atoms with Gasteiger partial charge in [-0.15, -0.1) is 0 Å². The van der Waals surface area contributed by atoms with Crippen LogP contribution in [-0.2, 0) is 9.47 Å². The molecular formula is C11H17N3O3. The highest BCUT2D eigenvalue weighted by molar-refractivity contribution is 5.79. The molecule has 4 N–H and O–H groups in total. The predicted octanol–water partition coefficient (Wildman–Crippen LogP) is -1.21. The number of nitrogens with one attached hydrogen (secondary N) is 1. The Morgan fingerprint density at radius 3 is 3.18 bits per heavy atom. The maximum Gasteiger partial charge on any atom is 0.189 e. The molecule has 94 valence electrons. The molecule has 0 aromatic heterocycles. The molecule has 0 radical (unpaired) electrons. The fourth-order valence-corrected chi connectivity index (χ4v) is 4.05. The second-order valence-corrected chi connectivity index (χ2v) is 5.57. The highest BCUT2D eigenvalue weighted by atomic mass is 16.7. The third kappa shape index (κ3) is 1.18. The molecule has 5 rings (SSSR count). The molecule has 1 spiro atoms. The maximum atomic E-state index is 9.50. The van der Waals surface area contributed by atoms with E-state index in [1.54, 1.807) is 0 Å². The number of aliphatic imine (C=N–C) groups is 1. The fraction of sp³-hybridized carbons (Fsp3) is 0.909. The van der Waals surface area contributed by atoms with Crippen molar-refractivity contribution in [2.75, 3.05) is 13.2 Å². The van der Waals surface area contributed by atoms with Crippen LogP contribution in [0.2, 0.25) is 0 Å². The number of ether oxygens (including phenoxy) is 2. The summed E-state index contributed by atoms with van der Waals surface area (Å²) in [7, 11) is 0. The normalized spacial score (nSPS) is 55.1. The van der Waals surface area contributed by atoms with Crippen molar-refractivity contribution in [2.45, 2.75) is 36.9 Å². The Kier molecular flexibility index (Phi) is 1.86. The van der Waals surface area contributed by atoms with Crippen LogP contribution in [0.1, 0.15) is 12.8 Å². The van der Waals surface area contributed by atoms with E-state index in [0.29, 0.717) is 18.4 Å². The molecule has 4 heterocycles. The van der Waals surface area contributed by atoms with Crippen LogP contribution in [-0.4, -0.2) is 48.3 Å². The van der Waals surface area contributed by atoms with Gasteiger partial charge in [0.2, 0.25) is 0 Å². The molecule has 1 aliphatic carbocycles. The summed E-state index contributed by atoms with van der Waals surface area (Å²) < 4.78 is 11.7. The van der Waals surface area contributed by atoms with Crippen molar-refractivity contribution < 1.29 is 14.6 Å². The molecule has 4 aliphatic heterocycles. The van der Waals surface area contributed by atoms with Gasteiger partial charge in [0.15, 0.2) is 12.2 Å². The average molecular weight is 239 g/mol. The van der Waals surface area contributed by atoms with Gasteiger partial charge in [-0.25, -0.2) is 0 Å². The number of aliphatic hydroxyl groups is 1. The largest absolute Gasteiger partial charge is 0.396 e. The lowest BCUT2D eigenvalue weighted by atomic mass is 9.60. The fourth-order valence-electron chi connectivity index (χ4n) is 4.05. The van der Waals surface area contributed by atoms with Crippen LogP contribution < -0.4 is 11.1 Å². The van der Waals surface area contributed by atoms with Gasteiger partial charge in [0.05, 0.1) is 30.9 Å². The summed E-state index contributed by atoms with van der Waals surface area (Å²) in [6.45, 7) is 0.813. The number of hydrogen-bond donors (Lipinski definition) is 3. The van der Waals surface area contributed by atoms with Crippen molar-refractivity contribution in [3.63, 3.8) is 0 Å². The number of rotatable bonds is 1. The second-order valence-electron chi connectivity index (χ2n) is 5.57. The Hall–Kier alpha value is -0.850. The van der Waals surface area contributed by atoms with Crippen molar-refractivity contribution in [1.82, 2.24) is 5.32 Å². The first-order chi connectivity index (χ1) is 8.22. The SMILES string of the molecule is NC1=NCC2C3OC4CC2(CC(O4)C3CO)N1. The van der Waals surface area contributed by atoms with E-state index in [-0.39, 0.29) is 36.6 Å². The monoisotopic (exact) mass is 239 g/mol. The Balaban J connectivity index is 1.75. The number of guanidine groups is 1. The summed E-state index contributed by atoms with van der Waals surface area (Å²) >= 11 is 0. The Morgan fingerprint density at radius 2 is 2.35 bits per heavy atom. The zero-order valence-corrected chi connectivity index (χ0v) is 9.50. The van der Waals surface area contributed by atoms with Crippen LogP contribution >= 0.6 is 0 Å². The van der Waals surface area contributed by atoms with Gasteiger partial charge in [-0.1, -0.05) is 0 Å². The molecule has 5 aliphatic rings. The van der Waals surface area contributed by atoms with Crippen LogP contribution in [0, 0.1) is 11.8 Å². The van der Waals surface area contributed by atoms with Gasteiger partial charge in [0.25, 0.3) is 0 Å². The standard InChI is InChI=1S/C11H17N3O3/c12-10-13-3-6-9-5(4-15)7-1-11(6,14-10)2-8(16-7)17-9/h5-9,15H,1-4H2,(H3,12,13,14). The van der Waals surface area contributed by atoms with E-state index in [0.717, 1.165) is 12.8 Å². The predicted molar refractivity (Wildman–Crippen MR) is 59.2 cm³/mol. The molecule has 6 nitrogen and oxygen atoms in total. The molecule has 6 unspecified atom stereocenters. The zero-order valence-electron chi connectivity index (χ0n) is 9.50. The summed E-state index contributed by atoms with van der Waals surface area (Å²) in [5.74, 6) is 0.924. The molecule has 0 aromatic carbocycles. The van der Waals surface area contributed by atoms with Crippen molar-refractivity contribution in [1.29, 1.82) is 0 Å². The third-order valence-corrected chi connectivity index (χ3v) is 4.78. The minimum absolute atomic E-state index is 0.0198. The number of hydrogen-bond acceptors (Lipinski definition) is 6. The van der Waals surface area contributed by atoms with Gasteiger partial charge in [0.1, 0.15) is 0 Å². The third-order valence-electron chi connectivity index (χ3n) is 4.78. The molecule has 0 aromatic rings. The van der Waals surface area contributed by atoms with E-state index in [2.05, 4.69) is 10.3 Å². The average Bonchev–Trinajstić information content (AvgIpc) is 2.27. The Bertz CT molecular complexity index is 388. The lowest BCUT2D eigenvalue weighted by Crippen LogP contribution is -2.76. The molecule has 0 amide bonds. The van der Waals surface area contributed by atoms with Gasteiger partial charge in [-0.2, -0.15) is 0 Å². The molecule has 3 saturated heterocycles. The molecule has 4 bridgehead atoms. The van der Waals surface area contributed by atoms with Crippen molar-refractivity contribution in [2.24, 2.45) is 22.6 Å². The quantitative estimate of drug-likeness (QED) is 0.534. The molecule has 4 fully saturated rings. The van der Waals surface area contributed by atoms with Crippen molar-refractivity contribution in [3.05, 3.63) is 0 Å². The number of nitrogens with two attached hydrogens (primary N) is 1. The molecular weight excluding hydrogens is 222 g/mol. The second kappa shape index (κ2) is 3.13. The first kappa shape index (κ1) is 10.1. The summed E-state index contributed by atoms with van der Waals surface area (Å²) in [4.78, 5) is 4.28. The van der Waals surface area contributed by atoms with Crippen LogP contribution in [0.3, 0.4) is 0 Å².